The van der Waals surface area contributed by atoms with Crippen molar-refractivity contribution in [2.45, 2.75) is 25.4 Å². The van der Waals surface area contributed by atoms with Crippen molar-refractivity contribution >= 4 is 23.0 Å². The number of pyridine rings is 1. The molecule has 3 rings (SSSR count). The lowest BCUT2D eigenvalue weighted by Crippen LogP contribution is -2.41. The number of benzene rings is 1. The molecule has 1 aromatic heterocycles. The first-order chi connectivity index (χ1) is 11.6. The quantitative estimate of drug-likeness (QED) is 0.507. The molecule has 0 spiro atoms. The summed E-state index contributed by atoms with van der Waals surface area (Å²) < 4.78 is 0. The van der Waals surface area contributed by atoms with E-state index >= 15 is 0 Å². The third-order valence-electron chi connectivity index (χ3n) is 4.18. The number of nitrogens with one attached hydrogen (secondary N) is 1. The van der Waals surface area contributed by atoms with Crippen molar-refractivity contribution in [1.82, 2.24) is 9.88 Å². The van der Waals surface area contributed by atoms with Gasteiger partial charge in [0, 0.05) is 25.3 Å². The lowest BCUT2D eigenvalue weighted by molar-refractivity contribution is -0.384. The number of piperidine rings is 1. The summed E-state index contributed by atoms with van der Waals surface area (Å²) in [6.07, 6.45) is 3.52. The number of rotatable bonds is 5. The summed E-state index contributed by atoms with van der Waals surface area (Å²) >= 11 is 5.87. The molecule has 126 valence electrons. The molecule has 1 unspecified atom stereocenters. The molecule has 2 heterocycles. The lowest BCUT2D eigenvalue weighted by atomic mass is 10.0. The maximum Gasteiger partial charge on any atom is 0.329 e. The van der Waals surface area contributed by atoms with Crippen LogP contribution in [0.3, 0.4) is 0 Å². The third kappa shape index (κ3) is 4.01. The van der Waals surface area contributed by atoms with Gasteiger partial charge in [-0.1, -0.05) is 41.9 Å². The van der Waals surface area contributed by atoms with Gasteiger partial charge in [-0.3, -0.25) is 15.0 Å². The van der Waals surface area contributed by atoms with Gasteiger partial charge in [0.2, 0.25) is 5.15 Å². The van der Waals surface area contributed by atoms with Crippen molar-refractivity contribution in [2.24, 2.45) is 0 Å². The fourth-order valence-electron chi connectivity index (χ4n) is 3.10. The number of halogens is 1. The minimum atomic E-state index is -0.484. The monoisotopic (exact) mass is 346 g/mol. The van der Waals surface area contributed by atoms with Crippen molar-refractivity contribution in [1.29, 1.82) is 0 Å². The molecular weight excluding hydrogens is 328 g/mol. The van der Waals surface area contributed by atoms with E-state index in [1.54, 1.807) is 6.07 Å². The average molecular weight is 347 g/mol. The average Bonchev–Trinajstić information content (AvgIpc) is 2.56. The van der Waals surface area contributed by atoms with E-state index < -0.39 is 4.92 Å². The van der Waals surface area contributed by atoms with E-state index in [0.717, 1.165) is 32.5 Å². The van der Waals surface area contributed by atoms with Crippen molar-refractivity contribution in [3.63, 3.8) is 0 Å². The molecule has 7 heteroatoms. The van der Waals surface area contributed by atoms with Crippen LogP contribution in [0, 0.1) is 10.1 Å². The summed E-state index contributed by atoms with van der Waals surface area (Å²) in [7, 11) is 0. The van der Waals surface area contributed by atoms with Crippen LogP contribution in [0.5, 0.6) is 0 Å². The Hall–Kier alpha value is -2.18. The highest BCUT2D eigenvalue weighted by Crippen LogP contribution is 2.31. The van der Waals surface area contributed by atoms with E-state index in [1.807, 2.05) is 18.2 Å². The smallest absolute Gasteiger partial charge is 0.329 e. The number of hydrogen-bond acceptors (Lipinski definition) is 5. The van der Waals surface area contributed by atoms with Gasteiger partial charge in [0.15, 0.2) is 0 Å². The second-order valence-electron chi connectivity index (χ2n) is 5.96. The van der Waals surface area contributed by atoms with Gasteiger partial charge in [-0.15, -0.1) is 0 Å². The van der Waals surface area contributed by atoms with Crippen LogP contribution in [-0.4, -0.2) is 33.9 Å². The van der Waals surface area contributed by atoms with Gasteiger partial charge in [0.25, 0.3) is 0 Å². The van der Waals surface area contributed by atoms with Gasteiger partial charge >= 0.3 is 5.69 Å². The number of hydrogen-bond donors (Lipinski definition) is 1. The first-order valence-corrected chi connectivity index (χ1v) is 8.33. The summed E-state index contributed by atoms with van der Waals surface area (Å²) in [6, 6.07) is 12.1. The van der Waals surface area contributed by atoms with E-state index in [0.29, 0.717) is 5.69 Å². The standard InChI is InChI=1S/C17H19ClN4O2/c18-17-16(22(23)24)15(8-9-19-17)20-14-7-4-10-21(12-14)11-13-5-2-1-3-6-13/h1-3,5-6,8-9,14H,4,7,10-12H2,(H,19,20). The molecule has 0 bridgehead atoms. The normalized spacial score (nSPS) is 18.3. The van der Waals surface area contributed by atoms with Gasteiger partial charge < -0.3 is 5.32 Å². The van der Waals surface area contributed by atoms with Crippen LogP contribution in [0.15, 0.2) is 42.6 Å². The molecule has 0 amide bonds. The Morgan fingerprint density at radius 2 is 2.12 bits per heavy atom. The zero-order valence-electron chi connectivity index (χ0n) is 13.2. The maximum absolute atomic E-state index is 11.2. The SMILES string of the molecule is O=[N+]([O-])c1c(NC2CCCN(Cc3ccccc3)C2)ccnc1Cl. The van der Waals surface area contributed by atoms with Crippen molar-refractivity contribution in [3.05, 3.63) is 63.4 Å². The van der Waals surface area contributed by atoms with Crippen molar-refractivity contribution in [3.8, 4) is 0 Å². The molecule has 24 heavy (non-hydrogen) atoms. The summed E-state index contributed by atoms with van der Waals surface area (Å²) in [5.74, 6) is 0. The molecular formula is C17H19ClN4O2. The summed E-state index contributed by atoms with van der Waals surface area (Å²) in [5, 5.41) is 14.4. The van der Waals surface area contributed by atoms with Gasteiger partial charge in [0.05, 0.1) is 4.92 Å². The molecule has 1 aliphatic rings. The van der Waals surface area contributed by atoms with E-state index in [-0.39, 0.29) is 16.9 Å². The van der Waals surface area contributed by atoms with E-state index in [4.69, 9.17) is 11.6 Å². The van der Waals surface area contributed by atoms with Crippen LogP contribution in [0.25, 0.3) is 0 Å². The molecule has 1 aromatic carbocycles. The van der Waals surface area contributed by atoms with Gasteiger partial charge in [-0.2, -0.15) is 0 Å². The highest BCUT2D eigenvalue weighted by atomic mass is 35.5. The zero-order chi connectivity index (χ0) is 16.9. The Balaban J connectivity index is 1.68. The highest BCUT2D eigenvalue weighted by molar-refractivity contribution is 6.32. The largest absolute Gasteiger partial charge is 0.375 e. The lowest BCUT2D eigenvalue weighted by Gasteiger charge is -2.33. The van der Waals surface area contributed by atoms with Crippen LogP contribution in [0.1, 0.15) is 18.4 Å². The fourth-order valence-corrected chi connectivity index (χ4v) is 3.32. The van der Waals surface area contributed by atoms with Crippen molar-refractivity contribution in [2.75, 3.05) is 18.4 Å². The molecule has 2 aromatic rings. The number of nitrogens with zero attached hydrogens (tertiary/aromatic N) is 3. The minimum Gasteiger partial charge on any atom is -0.375 e. The zero-order valence-corrected chi connectivity index (χ0v) is 13.9. The van der Waals surface area contributed by atoms with Crippen LogP contribution < -0.4 is 5.32 Å². The Kier molecular flexibility index (Phi) is 5.27. The topological polar surface area (TPSA) is 71.3 Å². The molecule has 1 fully saturated rings. The number of anilines is 1. The highest BCUT2D eigenvalue weighted by Gasteiger charge is 2.25. The Morgan fingerprint density at radius 3 is 2.88 bits per heavy atom. The molecule has 1 saturated heterocycles. The molecule has 0 saturated carbocycles. The molecule has 0 aliphatic carbocycles. The van der Waals surface area contributed by atoms with Crippen LogP contribution in [0.4, 0.5) is 11.4 Å². The van der Waals surface area contributed by atoms with Gasteiger partial charge in [-0.25, -0.2) is 4.98 Å². The van der Waals surface area contributed by atoms with Crippen LogP contribution in [0.2, 0.25) is 5.15 Å². The molecule has 1 aliphatic heterocycles. The number of nitro groups is 1. The van der Waals surface area contributed by atoms with Crippen LogP contribution >= 0.6 is 11.6 Å². The van der Waals surface area contributed by atoms with E-state index in [1.165, 1.54) is 11.8 Å². The number of likely N-dealkylation sites (tertiary alicyclic amines) is 1. The third-order valence-corrected chi connectivity index (χ3v) is 4.45. The fraction of sp³-hybridized carbons (Fsp3) is 0.353. The second-order valence-corrected chi connectivity index (χ2v) is 6.32. The van der Waals surface area contributed by atoms with Gasteiger partial charge in [0.1, 0.15) is 5.69 Å². The Bertz CT molecular complexity index is 711. The predicted octanol–water partition coefficient (Wildman–Crippen LogP) is 3.72. The molecule has 6 nitrogen and oxygen atoms in total. The summed E-state index contributed by atoms with van der Waals surface area (Å²) in [4.78, 5) is 16.9. The Labute approximate surface area is 145 Å². The predicted molar refractivity (Wildman–Crippen MR) is 94.3 cm³/mol. The number of aromatic nitrogens is 1. The van der Waals surface area contributed by atoms with Crippen LogP contribution in [-0.2, 0) is 6.54 Å². The molecule has 0 radical (unpaired) electrons. The molecule has 1 N–H and O–H groups in total. The van der Waals surface area contributed by atoms with E-state index in [2.05, 4.69) is 27.3 Å². The summed E-state index contributed by atoms with van der Waals surface area (Å²) in [6.45, 7) is 2.76. The Morgan fingerprint density at radius 1 is 1.33 bits per heavy atom. The first kappa shape index (κ1) is 16.7. The first-order valence-electron chi connectivity index (χ1n) is 7.95. The van der Waals surface area contributed by atoms with Crippen molar-refractivity contribution < 1.29 is 4.92 Å². The van der Waals surface area contributed by atoms with Gasteiger partial charge in [-0.05, 0) is 31.0 Å². The van der Waals surface area contributed by atoms with E-state index in [9.17, 15) is 10.1 Å². The molecule has 1 atom stereocenters. The minimum absolute atomic E-state index is 0.0815. The second kappa shape index (κ2) is 7.59. The summed E-state index contributed by atoms with van der Waals surface area (Å²) in [5.41, 5.74) is 1.56. The maximum atomic E-state index is 11.2.